The fourth-order valence-corrected chi connectivity index (χ4v) is 4.14. The molecule has 164 valence electrons. The van der Waals surface area contributed by atoms with Crippen molar-refractivity contribution in [3.8, 4) is 0 Å². The summed E-state index contributed by atoms with van der Waals surface area (Å²) < 4.78 is 0. The van der Waals surface area contributed by atoms with Gasteiger partial charge >= 0.3 is 0 Å². The van der Waals surface area contributed by atoms with Crippen molar-refractivity contribution < 1.29 is 9.59 Å². The zero-order valence-corrected chi connectivity index (χ0v) is 17.6. The fourth-order valence-electron chi connectivity index (χ4n) is 4.14. The van der Waals surface area contributed by atoms with Crippen molar-refractivity contribution in [1.29, 1.82) is 0 Å². The van der Waals surface area contributed by atoms with Crippen molar-refractivity contribution in [3.63, 3.8) is 0 Å². The predicted molar refractivity (Wildman–Crippen MR) is 119 cm³/mol. The summed E-state index contributed by atoms with van der Waals surface area (Å²) in [4.78, 5) is 37.6. The molecule has 0 aliphatic carbocycles. The Bertz CT molecular complexity index is 959. The molecule has 0 spiro atoms. The molecule has 0 saturated carbocycles. The van der Waals surface area contributed by atoms with Crippen LogP contribution in [0.5, 0.6) is 0 Å². The van der Waals surface area contributed by atoms with Crippen LogP contribution in [-0.4, -0.2) is 58.9 Å². The third-order valence-electron chi connectivity index (χ3n) is 5.80. The Morgan fingerprint density at radius 1 is 1.10 bits per heavy atom. The number of piperidine rings is 2. The van der Waals surface area contributed by atoms with Crippen molar-refractivity contribution in [2.24, 2.45) is 11.5 Å². The maximum absolute atomic E-state index is 12.9. The number of benzene rings is 1. The first-order valence-electron chi connectivity index (χ1n) is 10.8. The van der Waals surface area contributed by atoms with Gasteiger partial charge in [-0.05, 0) is 50.3 Å². The van der Waals surface area contributed by atoms with Gasteiger partial charge in [0.25, 0.3) is 11.8 Å². The summed E-state index contributed by atoms with van der Waals surface area (Å²) in [7, 11) is 0. The molecule has 1 atom stereocenters. The maximum atomic E-state index is 12.9. The van der Waals surface area contributed by atoms with E-state index in [4.69, 9.17) is 11.5 Å². The Balaban J connectivity index is 1.58. The van der Waals surface area contributed by atoms with Crippen LogP contribution in [0.2, 0.25) is 0 Å². The lowest BCUT2D eigenvalue weighted by atomic mass is 10.1. The lowest BCUT2D eigenvalue weighted by Crippen LogP contribution is -2.43. The number of carbonyl (C=O) groups excluding carboxylic acids is 2. The molecule has 1 aromatic heterocycles. The first-order valence-corrected chi connectivity index (χ1v) is 10.8. The van der Waals surface area contributed by atoms with E-state index in [1.807, 2.05) is 21.9 Å². The van der Waals surface area contributed by atoms with Gasteiger partial charge < -0.3 is 26.6 Å². The number of nitrogens with zero attached hydrogens (tertiary/aromatic N) is 4. The second-order valence-electron chi connectivity index (χ2n) is 8.20. The summed E-state index contributed by atoms with van der Waals surface area (Å²) >= 11 is 0. The average molecular weight is 424 g/mol. The lowest BCUT2D eigenvalue weighted by Gasteiger charge is -2.31. The Labute approximate surface area is 181 Å². The van der Waals surface area contributed by atoms with Gasteiger partial charge in [0.05, 0.1) is 0 Å². The van der Waals surface area contributed by atoms with E-state index in [0.29, 0.717) is 29.6 Å². The number of aromatic nitrogens is 2. The highest BCUT2D eigenvalue weighted by Crippen LogP contribution is 2.24. The van der Waals surface area contributed by atoms with E-state index < -0.39 is 5.91 Å². The monoisotopic (exact) mass is 423 g/mol. The molecular weight excluding hydrogens is 394 g/mol. The summed E-state index contributed by atoms with van der Waals surface area (Å²) in [6.07, 6.45) is 6.62. The van der Waals surface area contributed by atoms with E-state index in [-0.39, 0.29) is 17.5 Å². The van der Waals surface area contributed by atoms with Gasteiger partial charge in [-0.1, -0.05) is 6.07 Å². The van der Waals surface area contributed by atoms with Gasteiger partial charge in [-0.25, -0.2) is 4.98 Å². The van der Waals surface area contributed by atoms with Gasteiger partial charge in [-0.3, -0.25) is 9.59 Å². The fraction of sp³-hybridized carbons (Fsp3) is 0.455. The molecule has 9 heteroatoms. The third kappa shape index (κ3) is 4.93. The standard InChI is InChI=1S/C22H29N7O2/c23-16-7-5-11-29(14-16)22-25-13-18(19(24)30)20(27-22)26-17-8-4-6-15(12-17)21(31)28-9-2-1-3-10-28/h4,6,8,12-13,16H,1-3,5,7,9-11,14,23H2,(H2,24,30)(H,25,26,27). The third-order valence-corrected chi connectivity index (χ3v) is 5.80. The molecule has 9 nitrogen and oxygen atoms in total. The molecule has 1 unspecified atom stereocenters. The smallest absolute Gasteiger partial charge is 0.254 e. The van der Waals surface area contributed by atoms with Gasteiger partial charge in [0.2, 0.25) is 5.95 Å². The van der Waals surface area contributed by atoms with Crippen LogP contribution < -0.4 is 21.7 Å². The number of amides is 2. The van der Waals surface area contributed by atoms with Crippen molar-refractivity contribution in [1.82, 2.24) is 14.9 Å². The van der Waals surface area contributed by atoms with E-state index >= 15 is 0 Å². The molecule has 2 amide bonds. The molecular formula is C22H29N7O2. The predicted octanol–water partition coefficient (Wildman–Crippen LogP) is 1.87. The molecule has 2 aliphatic heterocycles. The van der Waals surface area contributed by atoms with Crippen molar-refractivity contribution >= 4 is 29.3 Å². The number of hydrogen-bond acceptors (Lipinski definition) is 7. The van der Waals surface area contributed by atoms with Crippen LogP contribution in [0.3, 0.4) is 0 Å². The zero-order valence-electron chi connectivity index (χ0n) is 17.6. The lowest BCUT2D eigenvalue weighted by molar-refractivity contribution is 0.0724. The summed E-state index contributed by atoms with van der Waals surface area (Å²) in [5.41, 5.74) is 13.1. The van der Waals surface area contributed by atoms with Crippen LogP contribution in [0.15, 0.2) is 30.5 Å². The Morgan fingerprint density at radius 3 is 2.65 bits per heavy atom. The van der Waals surface area contributed by atoms with Crippen molar-refractivity contribution in [2.45, 2.75) is 38.1 Å². The van der Waals surface area contributed by atoms with E-state index in [1.165, 1.54) is 12.6 Å². The normalized spacial score (nSPS) is 19.2. The SMILES string of the molecule is NC(=O)c1cnc(N2CCCC(N)C2)nc1Nc1cccc(C(=O)N2CCCCC2)c1. The van der Waals surface area contributed by atoms with Crippen LogP contribution in [0, 0.1) is 0 Å². The number of carbonyl (C=O) groups is 2. The molecule has 4 rings (SSSR count). The van der Waals surface area contributed by atoms with E-state index in [9.17, 15) is 9.59 Å². The van der Waals surface area contributed by atoms with Crippen LogP contribution >= 0.6 is 0 Å². The molecule has 5 N–H and O–H groups in total. The molecule has 0 bridgehead atoms. The number of rotatable bonds is 5. The highest BCUT2D eigenvalue weighted by molar-refractivity contribution is 5.99. The molecule has 31 heavy (non-hydrogen) atoms. The highest BCUT2D eigenvalue weighted by atomic mass is 16.2. The Morgan fingerprint density at radius 2 is 1.90 bits per heavy atom. The largest absolute Gasteiger partial charge is 0.365 e. The number of likely N-dealkylation sites (tertiary alicyclic amines) is 1. The molecule has 2 saturated heterocycles. The maximum Gasteiger partial charge on any atom is 0.254 e. The van der Waals surface area contributed by atoms with Gasteiger partial charge in [0, 0.05) is 49.7 Å². The summed E-state index contributed by atoms with van der Waals surface area (Å²) in [5, 5.41) is 3.16. The molecule has 1 aromatic carbocycles. The van der Waals surface area contributed by atoms with Crippen LogP contribution in [0.1, 0.15) is 52.8 Å². The van der Waals surface area contributed by atoms with Gasteiger partial charge in [-0.2, -0.15) is 4.98 Å². The van der Waals surface area contributed by atoms with Crippen molar-refractivity contribution in [2.75, 3.05) is 36.4 Å². The quantitative estimate of drug-likeness (QED) is 0.669. The number of hydrogen-bond donors (Lipinski definition) is 3. The zero-order chi connectivity index (χ0) is 21.8. The first-order chi connectivity index (χ1) is 15.0. The average Bonchev–Trinajstić information content (AvgIpc) is 2.79. The highest BCUT2D eigenvalue weighted by Gasteiger charge is 2.22. The minimum Gasteiger partial charge on any atom is -0.365 e. The number of anilines is 3. The van der Waals surface area contributed by atoms with Gasteiger partial charge in [0.1, 0.15) is 11.4 Å². The van der Waals surface area contributed by atoms with Crippen LogP contribution in [0.25, 0.3) is 0 Å². The molecule has 3 heterocycles. The van der Waals surface area contributed by atoms with Crippen molar-refractivity contribution in [3.05, 3.63) is 41.6 Å². The molecule has 2 aromatic rings. The number of nitrogens with two attached hydrogens (primary N) is 2. The van der Waals surface area contributed by atoms with E-state index in [2.05, 4.69) is 15.3 Å². The summed E-state index contributed by atoms with van der Waals surface area (Å²) in [5.74, 6) is 0.219. The van der Waals surface area contributed by atoms with E-state index in [1.54, 1.807) is 12.1 Å². The van der Waals surface area contributed by atoms with Gasteiger partial charge in [-0.15, -0.1) is 0 Å². The molecule has 2 fully saturated rings. The summed E-state index contributed by atoms with van der Waals surface area (Å²) in [6, 6.07) is 7.30. The molecule has 0 radical (unpaired) electrons. The second-order valence-corrected chi connectivity index (χ2v) is 8.20. The first kappa shape index (κ1) is 21.0. The Hall–Kier alpha value is -3.20. The minimum absolute atomic E-state index is 0.0177. The van der Waals surface area contributed by atoms with Gasteiger partial charge in [0.15, 0.2) is 0 Å². The number of nitrogens with one attached hydrogen (secondary N) is 1. The van der Waals surface area contributed by atoms with Crippen LogP contribution in [-0.2, 0) is 0 Å². The van der Waals surface area contributed by atoms with E-state index in [0.717, 1.165) is 45.3 Å². The summed E-state index contributed by atoms with van der Waals surface area (Å²) in [6.45, 7) is 3.04. The topological polar surface area (TPSA) is 130 Å². The number of primary amides is 1. The van der Waals surface area contributed by atoms with Crippen LogP contribution in [0.4, 0.5) is 17.5 Å². The minimum atomic E-state index is -0.620. The molecule has 2 aliphatic rings. The second kappa shape index (κ2) is 9.30. The Kier molecular flexibility index (Phi) is 6.31.